The number of hydrogen-bond acceptors (Lipinski definition) is 4. The van der Waals surface area contributed by atoms with Crippen LogP contribution in [0.4, 0.5) is 10.4 Å². The molecule has 0 aliphatic rings. The molecule has 4 rings (SSSR count). The molecule has 0 aliphatic carbocycles. The second-order valence-corrected chi connectivity index (χ2v) is 5.37. The van der Waals surface area contributed by atoms with Crippen molar-refractivity contribution in [1.82, 2.24) is 9.97 Å². The molecule has 5 heteroatoms. The van der Waals surface area contributed by atoms with Gasteiger partial charge in [0.25, 0.3) is 6.01 Å². The van der Waals surface area contributed by atoms with E-state index in [2.05, 4.69) is 15.3 Å². The number of nitrogens with one attached hydrogen (secondary N) is 1. The molecule has 24 heavy (non-hydrogen) atoms. The van der Waals surface area contributed by atoms with Gasteiger partial charge in [0.1, 0.15) is 11.3 Å². The zero-order valence-electron chi connectivity index (χ0n) is 12.7. The van der Waals surface area contributed by atoms with Gasteiger partial charge in [0, 0.05) is 6.20 Å². The zero-order chi connectivity index (χ0) is 16.4. The molecule has 2 aromatic heterocycles. The number of benzene rings is 2. The number of oxazole rings is 1. The van der Waals surface area contributed by atoms with Gasteiger partial charge in [-0.25, -0.2) is 4.39 Å². The maximum atomic E-state index is 13.7. The third-order valence-electron chi connectivity index (χ3n) is 3.73. The largest absolute Gasteiger partial charge is 0.424 e. The van der Waals surface area contributed by atoms with Crippen LogP contribution in [0, 0.1) is 5.82 Å². The van der Waals surface area contributed by atoms with E-state index in [9.17, 15) is 4.39 Å². The minimum atomic E-state index is -0.366. The standard InChI is InChI=1S/C19H14FN3O/c20-14-7-5-6-13(12-14)18(16-9-3-4-11-21-16)23-19-22-15-8-1-2-10-17(15)24-19/h1-12,18H,(H,22,23). The van der Waals surface area contributed by atoms with Crippen molar-refractivity contribution in [3.8, 4) is 0 Å². The number of aromatic nitrogens is 2. The number of hydrogen-bond donors (Lipinski definition) is 1. The molecule has 1 atom stereocenters. The number of fused-ring (bicyclic) bond motifs is 1. The summed E-state index contributed by atoms with van der Waals surface area (Å²) in [4.78, 5) is 8.81. The highest BCUT2D eigenvalue weighted by atomic mass is 19.1. The van der Waals surface area contributed by atoms with Crippen molar-refractivity contribution in [2.75, 3.05) is 5.32 Å². The van der Waals surface area contributed by atoms with E-state index in [0.29, 0.717) is 11.6 Å². The lowest BCUT2D eigenvalue weighted by Gasteiger charge is -2.17. The lowest BCUT2D eigenvalue weighted by molar-refractivity contribution is 0.602. The van der Waals surface area contributed by atoms with Crippen molar-refractivity contribution in [2.24, 2.45) is 0 Å². The summed E-state index contributed by atoms with van der Waals surface area (Å²) in [6.07, 6.45) is 1.70. The van der Waals surface area contributed by atoms with Gasteiger partial charge in [-0.2, -0.15) is 4.98 Å². The van der Waals surface area contributed by atoms with Gasteiger partial charge < -0.3 is 9.73 Å². The minimum absolute atomic E-state index is 0.298. The number of rotatable bonds is 4. The molecule has 1 N–H and O–H groups in total. The Kier molecular flexibility index (Phi) is 3.67. The Bertz CT molecular complexity index is 935. The summed E-state index contributed by atoms with van der Waals surface area (Å²) in [5.74, 6) is -0.298. The number of nitrogens with zero attached hydrogens (tertiary/aromatic N) is 2. The van der Waals surface area contributed by atoms with Gasteiger partial charge in [-0.3, -0.25) is 4.98 Å². The number of para-hydroxylation sites is 2. The van der Waals surface area contributed by atoms with Crippen molar-refractivity contribution in [1.29, 1.82) is 0 Å². The Hall–Kier alpha value is -3.21. The smallest absolute Gasteiger partial charge is 0.296 e. The zero-order valence-corrected chi connectivity index (χ0v) is 12.7. The Morgan fingerprint density at radius 1 is 0.958 bits per heavy atom. The van der Waals surface area contributed by atoms with Crippen LogP contribution >= 0.6 is 0 Å². The molecule has 0 fully saturated rings. The summed E-state index contributed by atoms with van der Waals surface area (Å²) in [7, 11) is 0. The first-order valence-electron chi connectivity index (χ1n) is 7.58. The summed E-state index contributed by atoms with van der Waals surface area (Å²) >= 11 is 0. The fourth-order valence-corrected chi connectivity index (χ4v) is 2.62. The molecule has 4 aromatic rings. The van der Waals surface area contributed by atoms with Crippen LogP contribution in [0.3, 0.4) is 0 Å². The average Bonchev–Trinajstić information content (AvgIpc) is 3.03. The Morgan fingerprint density at radius 2 is 1.83 bits per heavy atom. The maximum absolute atomic E-state index is 13.7. The lowest BCUT2D eigenvalue weighted by Crippen LogP contribution is -2.14. The van der Waals surface area contributed by atoms with E-state index < -0.39 is 0 Å². The SMILES string of the molecule is Fc1cccc(C(Nc2nc3ccccc3o2)c2ccccn2)c1. The van der Waals surface area contributed by atoms with Gasteiger partial charge in [0.15, 0.2) is 5.58 Å². The normalized spacial score (nSPS) is 12.2. The van der Waals surface area contributed by atoms with Crippen LogP contribution in [-0.4, -0.2) is 9.97 Å². The first-order valence-corrected chi connectivity index (χ1v) is 7.58. The van der Waals surface area contributed by atoms with Crippen molar-refractivity contribution >= 4 is 17.1 Å². The van der Waals surface area contributed by atoms with E-state index in [-0.39, 0.29) is 11.9 Å². The van der Waals surface area contributed by atoms with E-state index in [1.807, 2.05) is 48.5 Å². The van der Waals surface area contributed by atoms with Crippen LogP contribution in [0.1, 0.15) is 17.3 Å². The monoisotopic (exact) mass is 319 g/mol. The molecule has 2 heterocycles. The topological polar surface area (TPSA) is 51.0 Å². The molecule has 0 amide bonds. The fourth-order valence-electron chi connectivity index (χ4n) is 2.62. The molecule has 1 unspecified atom stereocenters. The van der Waals surface area contributed by atoms with Gasteiger partial charge >= 0.3 is 0 Å². The predicted molar refractivity (Wildman–Crippen MR) is 90.1 cm³/mol. The van der Waals surface area contributed by atoms with Gasteiger partial charge in [0.2, 0.25) is 0 Å². The molecular formula is C19H14FN3O. The van der Waals surface area contributed by atoms with E-state index in [4.69, 9.17) is 4.42 Å². The lowest BCUT2D eigenvalue weighted by atomic mass is 10.0. The third-order valence-corrected chi connectivity index (χ3v) is 3.73. The van der Waals surface area contributed by atoms with Crippen LogP contribution < -0.4 is 5.32 Å². The van der Waals surface area contributed by atoms with E-state index in [1.54, 1.807) is 12.3 Å². The van der Waals surface area contributed by atoms with Gasteiger partial charge in [-0.05, 0) is 42.0 Å². The molecular weight excluding hydrogens is 305 g/mol. The van der Waals surface area contributed by atoms with Crippen LogP contribution in [0.2, 0.25) is 0 Å². The van der Waals surface area contributed by atoms with Crippen molar-refractivity contribution < 1.29 is 8.81 Å². The first-order chi connectivity index (χ1) is 11.8. The van der Waals surface area contributed by atoms with Crippen molar-refractivity contribution in [3.63, 3.8) is 0 Å². The molecule has 0 spiro atoms. The highest BCUT2D eigenvalue weighted by molar-refractivity contribution is 5.74. The molecule has 0 saturated heterocycles. The molecule has 0 aliphatic heterocycles. The number of anilines is 1. The highest BCUT2D eigenvalue weighted by Gasteiger charge is 2.18. The Balaban J connectivity index is 1.75. The average molecular weight is 319 g/mol. The summed E-state index contributed by atoms with van der Waals surface area (Å²) < 4.78 is 19.4. The van der Waals surface area contributed by atoms with E-state index in [1.165, 1.54) is 12.1 Å². The first kappa shape index (κ1) is 14.4. The quantitative estimate of drug-likeness (QED) is 0.599. The van der Waals surface area contributed by atoms with Crippen molar-refractivity contribution in [3.05, 3.63) is 90.0 Å². The number of halogens is 1. The molecule has 0 radical (unpaired) electrons. The third kappa shape index (κ3) is 2.84. The molecule has 2 aromatic carbocycles. The second kappa shape index (κ2) is 6.12. The van der Waals surface area contributed by atoms with Gasteiger partial charge in [-0.15, -0.1) is 0 Å². The van der Waals surface area contributed by atoms with E-state index in [0.717, 1.165) is 16.8 Å². The Morgan fingerprint density at radius 3 is 2.62 bits per heavy atom. The fraction of sp³-hybridized carbons (Fsp3) is 0.0526. The Labute approximate surface area is 138 Å². The number of pyridine rings is 1. The maximum Gasteiger partial charge on any atom is 0.296 e. The summed E-state index contributed by atoms with van der Waals surface area (Å²) in [6, 6.07) is 19.6. The van der Waals surface area contributed by atoms with Crippen LogP contribution in [0.5, 0.6) is 0 Å². The predicted octanol–water partition coefficient (Wildman–Crippen LogP) is 4.56. The van der Waals surface area contributed by atoms with Crippen LogP contribution in [0.15, 0.2) is 77.3 Å². The molecule has 4 nitrogen and oxygen atoms in total. The van der Waals surface area contributed by atoms with Crippen LogP contribution in [-0.2, 0) is 0 Å². The molecule has 0 saturated carbocycles. The summed E-state index contributed by atoms with van der Waals surface area (Å²) in [5, 5.41) is 3.22. The van der Waals surface area contributed by atoms with Crippen LogP contribution in [0.25, 0.3) is 11.1 Å². The molecule has 0 bridgehead atoms. The highest BCUT2D eigenvalue weighted by Crippen LogP contribution is 2.27. The summed E-state index contributed by atoms with van der Waals surface area (Å²) in [5.41, 5.74) is 2.96. The van der Waals surface area contributed by atoms with Gasteiger partial charge in [-0.1, -0.05) is 30.3 Å². The molecule has 118 valence electrons. The summed E-state index contributed by atoms with van der Waals surface area (Å²) in [6.45, 7) is 0. The van der Waals surface area contributed by atoms with E-state index >= 15 is 0 Å². The van der Waals surface area contributed by atoms with Gasteiger partial charge in [0.05, 0.1) is 11.7 Å². The van der Waals surface area contributed by atoms with Crippen molar-refractivity contribution in [2.45, 2.75) is 6.04 Å². The second-order valence-electron chi connectivity index (χ2n) is 5.37. The minimum Gasteiger partial charge on any atom is -0.424 e.